The minimum Gasteiger partial charge on any atom is -0.336 e. The third-order valence-electron chi connectivity index (χ3n) is 7.13. The van der Waals surface area contributed by atoms with Gasteiger partial charge in [-0.1, -0.05) is 12.5 Å². The summed E-state index contributed by atoms with van der Waals surface area (Å²) in [6.07, 6.45) is 6.31. The number of likely N-dealkylation sites (tertiary alicyclic amines) is 1. The molecule has 2 aliphatic carbocycles. The molecule has 1 saturated heterocycles. The highest BCUT2D eigenvalue weighted by molar-refractivity contribution is 5.88. The van der Waals surface area contributed by atoms with E-state index in [1.807, 2.05) is 6.07 Å². The molecule has 0 unspecified atom stereocenters. The Morgan fingerprint density at radius 1 is 1.19 bits per heavy atom. The van der Waals surface area contributed by atoms with Gasteiger partial charge >= 0.3 is 6.03 Å². The smallest absolute Gasteiger partial charge is 0.318 e. The summed E-state index contributed by atoms with van der Waals surface area (Å²) < 4.78 is 29.7. The van der Waals surface area contributed by atoms with Gasteiger partial charge in [-0.05, 0) is 56.1 Å². The average molecular weight is 446 g/mol. The third-order valence-corrected chi connectivity index (χ3v) is 7.13. The molecule has 7 nitrogen and oxygen atoms in total. The highest BCUT2D eigenvalue weighted by Gasteiger charge is 2.47. The molecule has 2 saturated carbocycles. The number of nitrogens with zero attached hydrogens (tertiary/aromatic N) is 3. The fourth-order valence-electron chi connectivity index (χ4n) is 4.66. The van der Waals surface area contributed by atoms with Gasteiger partial charge in [-0.25, -0.2) is 13.6 Å². The molecule has 1 aromatic rings. The zero-order valence-corrected chi connectivity index (χ0v) is 18.1. The monoisotopic (exact) mass is 445 g/mol. The van der Waals surface area contributed by atoms with Gasteiger partial charge in [0.2, 0.25) is 5.91 Å². The second kappa shape index (κ2) is 8.64. The average Bonchev–Trinajstić information content (AvgIpc) is 3.52. The highest BCUT2D eigenvalue weighted by Crippen LogP contribution is 2.48. The molecular weight excluding hydrogens is 416 g/mol. The number of aromatic nitrogens is 1. The minimum absolute atomic E-state index is 0.209. The number of carbonyl (C=O) groups excluding carboxylic acids is 2. The van der Waals surface area contributed by atoms with Crippen LogP contribution >= 0.6 is 0 Å². The molecule has 2 N–H and O–H groups in total. The Hall–Kier alpha value is -2.76. The lowest BCUT2D eigenvalue weighted by molar-refractivity contribution is -0.126. The van der Waals surface area contributed by atoms with Gasteiger partial charge in [0.05, 0.1) is 12.5 Å². The molecule has 172 valence electrons. The number of nitrogens with one attached hydrogen (secondary N) is 2. The molecule has 3 amide bonds. The van der Waals surface area contributed by atoms with Gasteiger partial charge < -0.3 is 15.5 Å². The Morgan fingerprint density at radius 3 is 2.44 bits per heavy atom. The van der Waals surface area contributed by atoms with Crippen molar-refractivity contribution < 1.29 is 18.4 Å². The zero-order valence-electron chi connectivity index (χ0n) is 18.1. The first-order valence-corrected chi connectivity index (χ1v) is 11.3. The Balaban J connectivity index is 1.41. The third kappa shape index (κ3) is 5.17. The lowest BCUT2D eigenvalue weighted by Gasteiger charge is -2.48. The van der Waals surface area contributed by atoms with Crippen molar-refractivity contribution in [1.82, 2.24) is 20.5 Å². The van der Waals surface area contributed by atoms with Gasteiger partial charge in [0.25, 0.3) is 5.92 Å². The number of piperidine rings is 1. The lowest BCUT2D eigenvalue weighted by Crippen LogP contribution is -2.56. The Labute approximate surface area is 186 Å². The van der Waals surface area contributed by atoms with Crippen molar-refractivity contribution in [3.05, 3.63) is 30.1 Å². The molecule has 2 heterocycles. The van der Waals surface area contributed by atoms with Gasteiger partial charge in [-0.3, -0.25) is 9.78 Å². The van der Waals surface area contributed by atoms with Crippen LogP contribution in [0, 0.1) is 16.7 Å². The number of halogens is 2. The maximum Gasteiger partial charge on any atom is 0.318 e. The molecule has 0 radical (unpaired) electrons. The molecule has 0 bridgehead atoms. The molecular formula is C23H29F2N5O2. The van der Waals surface area contributed by atoms with Crippen molar-refractivity contribution in [2.24, 2.45) is 5.41 Å². The van der Waals surface area contributed by atoms with E-state index in [0.717, 1.165) is 12.8 Å². The van der Waals surface area contributed by atoms with Crippen LogP contribution in [0.5, 0.6) is 0 Å². The highest BCUT2D eigenvalue weighted by atomic mass is 19.3. The molecule has 32 heavy (non-hydrogen) atoms. The first kappa shape index (κ1) is 22.4. The fourth-order valence-corrected chi connectivity index (χ4v) is 4.66. The summed E-state index contributed by atoms with van der Waals surface area (Å²) in [6, 6.07) is 4.85. The molecule has 1 atom stereocenters. The van der Waals surface area contributed by atoms with Gasteiger partial charge in [0.15, 0.2) is 0 Å². The second-order valence-corrected chi connectivity index (χ2v) is 9.58. The van der Waals surface area contributed by atoms with E-state index in [0.29, 0.717) is 31.3 Å². The number of hydrogen-bond donors (Lipinski definition) is 2. The zero-order chi connectivity index (χ0) is 22.8. The molecule has 1 aromatic heterocycles. The van der Waals surface area contributed by atoms with Crippen LogP contribution in [0.15, 0.2) is 24.4 Å². The number of hydrogen-bond acceptors (Lipinski definition) is 4. The molecule has 0 aromatic carbocycles. The maximum absolute atomic E-state index is 14.8. The van der Waals surface area contributed by atoms with E-state index >= 15 is 0 Å². The summed E-state index contributed by atoms with van der Waals surface area (Å²) in [7, 11) is 0. The van der Waals surface area contributed by atoms with Crippen LogP contribution in [0.25, 0.3) is 0 Å². The van der Waals surface area contributed by atoms with Crippen molar-refractivity contribution >= 4 is 11.9 Å². The lowest BCUT2D eigenvalue weighted by atomic mass is 9.63. The van der Waals surface area contributed by atoms with E-state index < -0.39 is 42.3 Å². The van der Waals surface area contributed by atoms with Gasteiger partial charge in [-0.15, -0.1) is 0 Å². The number of carbonyl (C=O) groups is 2. The van der Waals surface area contributed by atoms with Crippen LogP contribution in [0.3, 0.4) is 0 Å². The van der Waals surface area contributed by atoms with Crippen molar-refractivity contribution in [3.8, 4) is 6.07 Å². The first-order valence-electron chi connectivity index (χ1n) is 11.3. The molecule has 4 rings (SSSR count). The summed E-state index contributed by atoms with van der Waals surface area (Å²) in [5.41, 5.74) is -0.451. The minimum atomic E-state index is -3.26. The van der Waals surface area contributed by atoms with Crippen LogP contribution in [-0.4, -0.2) is 52.4 Å². The number of urea groups is 1. The van der Waals surface area contributed by atoms with Crippen LogP contribution in [-0.2, 0) is 11.2 Å². The molecule has 1 spiro atoms. The van der Waals surface area contributed by atoms with Crippen molar-refractivity contribution in [2.75, 3.05) is 13.1 Å². The normalized spacial score (nSPS) is 21.7. The largest absolute Gasteiger partial charge is 0.336 e. The Morgan fingerprint density at radius 2 is 1.91 bits per heavy atom. The Bertz CT molecular complexity index is 883. The van der Waals surface area contributed by atoms with Crippen molar-refractivity contribution in [2.45, 2.75) is 75.3 Å². The molecule has 3 aliphatic rings. The Kier molecular flexibility index (Phi) is 6.06. The predicted molar refractivity (Wildman–Crippen MR) is 113 cm³/mol. The maximum atomic E-state index is 14.8. The standard InChI is InChI=1S/C23H29F2N5O2/c24-23(25,14-17-4-1-2-11-27-17)15-18(19(31)29-22(16-26)7-8-22)28-20(32)30-12-9-21(10-13-30)5-3-6-21/h1-2,4,11,18H,3,5-10,12-15H2,(H,28,32)(H,29,31)/t18-/m0/s1. The van der Waals surface area contributed by atoms with Gasteiger partial charge in [0, 0.05) is 31.4 Å². The molecule has 9 heteroatoms. The van der Waals surface area contributed by atoms with E-state index in [9.17, 15) is 23.6 Å². The van der Waals surface area contributed by atoms with Crippen molar-refractivity contribution in [1.29, 1.82) is 5.26 Å². The number of amides is 3. The van der Waals surface area contributed by atoms with E-state index in [1.54, 1.807) is 17.0 Å². The van der Waals surface area contributed by atoms with Crippen LogP contribution in [0.2, 0.25) is 0 Å². The molecule has 1 aliphatic heterocycles. The number of rotatable bonds is 7. The van der Waals surface area contributed by atoms with E-state index in [4.69, 9.17) is 0 Å². The topological polar surface area (TPSA) is 98.1 Å². The summed E-state index contributed by atoms with van der Waals surface area (Å²) in [5, 5.41) is 14.4. The summed E-state index contributed by atoms with van der Waals surface area (Å²) in [5.74, 6) is -4.00. The first-order chi connectivity index (χ1) is 15.2. The number of pyridine rings is 1. The van der Waals surface area contributed by atoms with E-state index in [-0.39, 0.29) is 5.69 Å². The van der Waals surface area contributed by atoms with E-state index in [1.165, 1.54) is 31.5 Å². The van der Waals surface area contributed by atoms with Crippen molar-refractivity contribution in [3.63, 3.8) is 0 Å². The van der Waals surface area contributed by atoms with E-state index in [2.05, 4.69) is 15.6 Å². The van der Waals surface area contributed by atoms with Gasteiger partial charge in [0.1, 0.15) is 11.6 Å². The van der Waals surface area contributed by atoms with Crippen LogP contribution in [0.4, 0.5) is 13.6 Å². The summed E-state index contributed by atoms with van der Waals surface area (Å²) in [4.78, 5) is 31.2. The predicted octanol–water partition coefficient (Wildman–Crippen LogP) is 3.17. The fraction of sp³-hybridized carbons (Fsp3) is 0.652. The van der Waals surface area contributed by atoms with Crippen LogP contribution < -0.4 is 10.6 Å². The molecule has 3 fully saturated rings. The quantitative estimate of drug-likeness (QED) is 0.674. The second-order valence-electron chi connectivity index (χ2n) is 9.58. The number of alkyl halides is 2. The number of nitriles is 1. The summed E-state index contributed by atoms with van der Waals surface area (Å²) >= 11 is 0. The van der Waals surface area contributed by atoms with Crippen LogP contribution in [0.1, 0.15) is 57.1 Å². The van der Waals surface area contributed by atoms with Gasteiger partial charge in [-0.2, -0.15) is 5.26 Å². The SMILES string of the molecule is N#CC1(NC(=O)[C@H](CC(F)(F)Cc2ccccn2)NC(=O)N2CCC3(CCC3)CC2)CC1. The summed E-state index contributed by atoms with van der Waals surface area (Å²) in [6.45, 7) is 1.12.